The van der Waals surface area contributed by atoms with Gasteiger partial charge in [-0.1, -0.05) is 34.6 Å². The molecular formula is C10H9BrO3. The van der Waals surface area contributed by atoms with E-state index in [9.17, 15) is 9.90 Å². The number of carboxylic acids is 1. The van der Waals surface area contributed by atoms with Crippen LogP contribution in [0.15, 0.2) is 40.9 Å². The minimum atomic E-state index is -1.20. The van der Waals surface area contributed by atoms with Crippen LogP contribution in [0.5, 0.6) is 0 Å². The molecule has 1 aromatic rings. The van der Waals surface area contributed by atoms with Crippen molar-refractivity contribution in [2.24, 2.45) is 0 Å². The van der Waals surface area contributed by atoms with Gasteiger partial charge in [0.15, 0.2) is 0 Å². The lowest BCUT2D eigenvalue weighted by atomic mass is 10.0. The van der Waals surface area contributed by atoms with E-state index >= 15 is 0 Å². The molecule has 1 unspecified atom stereocenters. The van der Waals surface area contributed by atoms with Crippen LogP contribution in [0.25, 0.3) is 0 Å². The van der Waals surface area contributed by atoms with Gasteiger partial charge in [0.05, 0.1) is 5.57 Å². The van der Waals surface area contributed by atoms with Crippen molar-refractivity contribution in [3.05, 3.63) is 46.5 Å². The summed E-state index contributed by atoms with van der Waals surface area (Å²) in [5, 5.41) is 18.2. The molecule has 0 spiro atoms. The third-order valence-corrected chi connectivity index (χ3v) is 2.26. The fraction of sp³-hybridized carbons (Fsp3) is 0.100. The summed E-state index contributed by atoms with van der Waals surface area (Å²) in [4.78, 5) is 10.5. The van der Waals surface area contributed by atoms with Crippen molar-refractivity contribution in [2.45, 2.75) is 6.10 Å². The molecule has 0 amide bonds. The molecule has 1 rings (SSSR count). The first-order valence-corrected chi connectivity index (χ1v) is 4.67. The summed E-state index contributed by atoms with van der Waals surface area (Å²) >= 11 is 3.23. The number of carbonyl (C=O) groups is 1. The third kappa shape index (κ3) is 2.43. The van der Waals surface area contributed by atoms with Crippen molar-refractivity contribution in [1.29, 1.82) is 0 Å². The highest BCUT2D eigenvalue weighted by molar-refractivity contribution is 9.10. The summed E-state index contributed by atoms with van der Waals surface area (Å²) in [5.41, 5.74) is 0.273. The number of hydrogen-bond acceptors (Lipinski definition) is 2. The van der Waals surface area contributed by atoms with E-state index in [1.165, 1.54) is 0 Å². The van der Waals surface area contributed by atoms with Crippen molar-refractivity contribution in [3.8, 4) is 0 Å². The Hall–Kier alpha value is -1.13. The molecule has 0 aliphatic carbocycles. The monoisotopic (exact) mass is 256 g/mol. The summed E-state index contributed by atoms with van der Waals surface area (Å²) in [6.45, 7) is 3.30. The van der Waals surface area contributed by atoms with Gasteiger partial charge in [-0.3, -0.25) is 0 Å². The normalized spacial score (nSPS) is 12.1. The molecule has 3 nitrogen and oxygen atoms in total. The Morgan fingerprint density at radius 2 is 2.14 bits per heavy atom. The van der Waals surface area contributed by atoms with Gasteiger partial charge in [0.2, 0.25) is 0 Å². The average molecular weight is 257 g/mol. The van der Waals surface area contributed by atoms with Crippen molar-refractivity contribution in [3.63, 3.8) is 0 Å². The standard InChI is InChI=1S/C10H9BrO3/c1-6(10(13)14)9(12)7-3-2-4-8(11)5-7/h2-5,9,12H,1H2,(H,13,14). The number of benzene rings is 1. The first kappa shape index (κ1) is 10.9. The number of aliphatic hydroxyl groups is 1. The topological polar surface area (TPSA) is 57.5 Å². The zero-order valence-corrected chi connectivity index (χ0v) is 8.86. The Balaban J connectivity index is 2.95. The molecule has 0 aliphatic rings. The van der Waals surface area contributed by atoms with Crippen LogP contribution >= 0.6 is 15.9 Å². The quantitative estimate of drug-likeness (QED) is 0.815. The summed E-state index contributed by atoms with van der Waals surface area (Å²) in [7, 11) is 0. The molecule has 0 radical (unpaired) electrons. The number of halogens is 1. The van der Waals surface area contributed by atoms with Crippen molar-refractivity contribution in [1.82, 2.24) is 0 Å². The Bertz CT molecular complexity index is 373. The van der Waals surface area contributed by atoms with Crippen LogP contribution in [0.2, 0.25) is 0 Å². The maximum atomic E-state index is 10.5. The fourth-order valence-electron chi connectivity index (χ4n) is 0.995. The SMILES string of the molecule is C=C(C(=O)O)C(O)c1cccc(Br)c1. The van der Waals surface area contributed by atoms with Crippen molar-refractivity contribution >= 4 is 21.9 Å². The smallest absolute Gasteiger partial charge is 0.333 e. The number of carboxylic acid groups (broad SMARTS) is 1. The Morgan fingerprint density at radius 1 is 1.50 bits per heavy atom. The summed E-state index contributed by atoms with van der Waals surface area (Å²) in [6.07, 6.45) is -1.16. The predicted octanol–water partition coefficient (Wildman–Crippen LogP) is 2.12. The van der Waals surface area contributed by atoms with Gasteiger partial charge < -0.3 is 10.2 Å². The molecule has 4 heteroatoms. The molecular weight excluding hydrogens is 248 g/mol. The third-order valence-electron chi connectivity index (χ3n) is 1.77. The van der Waals surface area contributed by atoms with Gasteiger partial charge in [0.1, 0.15) is 6.10 Å². The van der Waals surface area contributed by atoms with Crippen LogP contribution in [-0.4, -0.2) is 16.2 Å². The maximum absolute atomic E-state index is 10.5. The van der Waals surface area contributed by atoms with Crippen molar-refractivity contribution in [2.75, 3.05) is 0 Å². The van der Waals surface area contributed by atoms with Gasteiger partial charge in [-0.25, -0.2) is 4.79 Å². The van der Waals surface area contributed by atoms with Crippen LogP contribution < -0.4 is 0 Å². The molecule has 74 valence electrons. The zero-order chi connectivity index (χ0) is 10.7. The molecule has 1 atom stereocenters. The molecule has 0 saturated heterocycles. The molecule has 2 N–H and O–H groups in total. The van der Waals surface area contributed by atoms with Gasteiger partial charge in [-0.2, -0.15) is 0 Å². The van der Waals surface area contributed by atoms with Crippen molar-refractivity contribution < 1.29 is 15.0 Å². The molecule has 0 heterocycles. The predicted molar refractivity (Wildman–Crippen MR) is 55.9 cm³/mol. The molecule has 1 aromatic carbocycles. The van der Waals surface area contributed by atoms with E-state index in [0.29, 0.717) is 5.56 Å². The van der Waals surface area contributed by atoms with E-state index in [2.05, 4.69) is 22.5 Å². The second-order valence-electron chi connectivity index (χ2n) is 2.79. The minimum Gasteiger partial charge on any atom is -0.478 e. The lowest BCUT2D eigenvalue weighted by molar-refractivity contribution is -0.133. The maximum Gasteiger partial charge on any atom is 0.333 e. The minimum absolute atomic E-state index is 0.233. The Kier molecular flexibility index (Phi) is 3.43. The highest BCUT2D eigenvalue weighted by atomic mass is 79.9. The highest BCUT2D eigenvalue weighted by Gasteiger charge is 2.17. The van der Waals surface area contributed by atoms with Crippen LogP contribution in [0.1, 0.15) is 11.7 Å². The number of aliphatic hydroxyl groups excluding tert-OH is 1. The first-order valence-electron chi connectivity index (χ1n) is 3.88. The van der Waals surface area contributed by atoms with E-state index < -0.39 is 12.1 Å². The first-order chi connectivity index (χ1) is 6.52. The summed E-state index contributed by atoms with van der Waals surface area (Å²) in [5.74, 6) is -1.20. The number of hydrogen-bond donors (Lipinski definition) is 2. The largest absolute Gasteiger partial charge is 0.478 e. The zero-order valence-electron chi connectivity index (χ0n) is 7.27. The second kappa shape index (κ2) is 4.39. The van der Waals surface area contributed by atoms with Gasteiger partial charge in [0.25, 0.3) is 0 Å². The van der Waals surface area contributed by atoms with E-state index in [-0.39, 0.29) is 5.57 Å². The molecule has 0 fully saturated rings. The average Bonchev–Trinajstić information content (AvgIpc) is 2.15. The molecule has 0 aliphatic heterocycles. The Morgan fingerprint density at radius 3 is 2.64 bits per heavy atom. The lowest BCUT2D eigenvalue weighted by Crippen LogP contribution is -2.09. The van der Waals surface area contributed by atoms with Gasteiger partial charge in [-0.05, 0) is 17.7 Å². The highest BCUT2D eigenvalue weighted by Crippen LogP contribution is 2.23. The molecule has 14 heavy (non-hydrogen) atoms. The molecule has 0 bridgehead atoms. The van der Waals surface area contributed by atoms with Crippen LogP contribution in [-0.2, 0) is 4.79 Å². The summed E-state index contributed by atoms with van der Waals surface area (Å²) in [6, 6.07) is 6.81. The number of rotatable bonds is 3. The van der Waals surface area contributed by atoms with E-state index in [0.717, 1.165) is 4.47 Å². The van der Waals surface area contributed by atoms with Gasteiger partial charge in [0, 0.05) is 4.47 Å². The van der Waals surface area contributed by atoms with Gasteiger partial charge in [-0.15, -0.1) is 0 Å². The fourth-order valence-corrected chi connectivity index (χ4v) is 1.41. The molecule has 0 aromatic heterocycles. The van der Waals surface area contributed by atoms with E-state index in [1.54, 1.807) is 24.3 Å². The second-order valence-corrected chi connectivity index (χ2v) is 3.70. The molecule has 0 saturated carbocycles. The Labute approximate surface area is 89.8 Å². The van der Waals surface area contributed by atoms with Crippen LogP contribution in [0.3, 0.4) is 0 Å². The van der Waals surface area contributed by atoms with E-state index in [1.807, 2.05) is 0 Å². The van der Waals surface area contributed by atoms with Gasteiger partial charge >= 0.3 is 5.97 Å². The lowest BCUT2D eigenvalue weighted by Gasteiger charge is -2.10. The van der Waals surface area contributed by atoms with Crippen LogP contribution in [0.4, 0.5) is 0 Å². The van der Waals surface area contributed by atoms with E-state index in [4.69, 9.17) is 5.11 Å². The number of aliphatic carboxylic acids is 1. The summed E-state index contributed by atoms with van der Waals surface area (Å²) < 4.78 is 0.784. The van der Waals surface area contributed by atoms with Crippen LogP contribution in [0, 0.1) is 0 Å².